The molecule has 0 heterocycles. The first-order valence-electron chi connectivity index (χ1n) is 35.2. The number of benzene rings is 19. The lowest BCUT2D eigenvalue weighted by Crippen LogP contribution is -2.13. The van der Waals surface area contributed by atoms with Gasteiger partial charge in [0.2, 0.25) is 0 Å². The minimum atomic E-state index is 1.07. The smallest absolute Gasteiger partial charge is 0.0625 e. The van der Waals surface area contributed by atoms with Crippen molar-refractivity contribution in [3.8, 4) is 77.9 Å². The summed E-state index contributed by atoms with van der Waals surface area (Å²) in [6, 6.07) is 148. The van der Waals surface area contributed by atoms with Gasteiger partial charge in [-0.15, -0.1) is 0 Å². The Morgan fingerprint density at radius 3 is 1.05 bits per heavy atom. The second-order valence-corrected chi connectivity index (χ2v) is 26.6. The Morgan fingerprint density at radius 1 is 0.147 bits per heavy atom. The molecule has 0 aliphatic rings. The Labute approximate surface area is 593 Å². The van der Waals surface area contributed by atoms with Crippen molar-refractivity contribution >= 4 is 110 Å². The molecule has 102 heavy (non-hydrogen) atoms. The molecule has 19 aromatic carbocycles. The van der Waals surface area contributed by atoms with Crippen LogP contribution in [0.1, 0.15) is 0 Å². The molecule has 19 aromatic rings. The summed E-state index contributed by atoms with van der Waals surface area (Å²) in [6.07, 6.45) is 0. The minimum absolute atomic E-state index is 1.07. The molecule has 0 radical (unpaired) electrons. The van der Waals surface area contributed by atoms with E-state index in [4.69, 9.17) is 0 Å². The van der Waals surface area contributed by atoms with Gasteiger partial charge in [-0.1, -0.05) is 334 Å². The third-order valence-corrected chi connectivity index (χ3v) is 20.8. The number of hydrogen-bond donors (Lipinski definition) is 0. The van der Waals surface area contributed by atoms with E-state index in [0.717, 1.165) is 73.1 Å². The monoisotopic (exact) mass is 1290 g/mol. The van der Waals surface area contributed by atoms with Crippen LogP contribution in [-0.4, -0.2) is 0 Å². The Kier molecular flexibility index (Phi) is 14.9. The van der Waals surface area contributed by atoms with Crippen molar-refractivity contribution in [2.75, 3.05) is 9.80 Å². The van der Waals surface area contributed by atoms with Gasteiger partial charge in [0.1, 0.15) is 0 Å². The Morgan fingerprint density at radius 2 is 0.471 bits per heavy atom. The second kappa shape index (κ2) is 25.5. The van der Waals surface area contributed by atoms with Crippen molar-refractivity contribution in [2.24, 2.45) is 0 Å². The minimum Gasteiger partial charge on any atom is -0.309 e. The molecule has 0 saturated heterocycles. The summed E-state index contributed by atoms with van der Waals surface area (Å²) in [5.41, 5.74) is 22.9. The molecule has 19 rings (SSSR count). The maximum absolute atomic E-state index is 2.51. The van der Waals surface area contributed by atoms with Crippen molar-refractivity contribution in [3.05, 3.63) is 400 Å². The standard InChI is InChI=1S/C100H66N2/c1-3-24-71(25-4-1)87-34-19-20-44-96(87)102(100-95-42-18-14-38-91(95)88-35-11-15-39-92(88)97(100)73-27-5-2-6-28-73)84-59-53-69(54-60-84)77-47-48-80-65-78(49-50-79(80)64-77)75-31-21-32-81(66-75)98-93-40-16-12-36-89(93)90-37-13-17-41-94(90)99(98)101(82-57-51-68(52-58-82)76-46-45-67-23-7-8-29-74(67)63-76)83-61-55-72(56-62-83)86-43-22-30-70-26-9-10-33-85(70)86/h1-66H. The topological polar surface area (TPSA) is 6.48 Å². The molecule has 0 aliphatic heterocycles. The third kappa shape index (κ3) is 10.6. The lowest BCUT2D eigenvalue weighted by atomic mass is 9.88. The quantitative estimate of drug-likeness (QED) is 0.106. The van der Waals surface area contributed by atoms with E-state index >= 15 is 0 Å². The Balaban J connectivity index is 0.716. The average Bonchev–Trinajstić information content (AvgIpc) is 0.731. The van der Waals surface area contributed by atoms with E-state index in [0.29, 0.717) is 0 Å². The van der Waals surface area contributed by atoms with E-state index in [1.807, 2.05) is 0 Å². The van der Waals surface area contributed by atoms with Crippen LogP contribution >= 0.6 is 0 Å². The lowest BCUT2D eigenvalue weighted by Gasteiger charge is -2.32. The van der Waals surface area contributed by atoms with Crippen LogP contribution in [0.25, 0.3) is 153 Å². The first kappa shape index (κ1) is 59.8. The van der Waals surface area contributed by atoms with Crippen LogP contribution in [0.3, 0.4) is 0 Å². The van der Waals surface area contributed by atoms with Crippen LogP contribution in [0, 0.1) is 0 Å². The van der Waals surface area contributed by atoms with E-state index in [-0.39, 0.29) is 0 Å². The highest BCUT2D eigenvalue weighted by atomic mass is 15.2. The fourth-order valence-corrected chi connectivity index (χ4v) is 15.9. The van der Waals surface area contributed by atoms with Gasteiger partial charge in [-0.3, -0.25) is 0 Å². The van der Waals surface area contributed by atoms with Crippen LogP contribution in [0.5, 0.6) is 0 Å². The number of para-hydroxylation sites is 1. The zero-order valence-corrected chi connectivity index (χ0v) is 56.0. The largest absolute Gasteiger partial charge is 0.309 e. The summed E-state index contributed by atoms with van der Waals surface area (Å²) in [5, 5.41) is 16.9. The van der Waals surface area contributed by atoms with Crippen molar-refractivity contribution in [3.63, 3.8) is 0 Å². The van der Waals surface area contributed by atoms with Crippen LogP contribution in [0.2, 0.25) is 0 Å². The van der Waals surface area contributed by atoms with Gasteiger partial charge >= 0.3 is 0 Å². The third-order valence-electron chi connectivity index (χ3n) is 20.8. The van der Waals surface area contributed by atoms with Gasteiger partial charge in [0.15, 0.2) is 0 Å². The fraction of sp³-hybridized carbons (Fsp3) is 0. The van der Waals surface area contributed by atoms with E-state index in [9.17, 15) is 0 Å². The van der Waals surface area contributed by atoms with Crippen LogP contribution in [0.4, 0.5) is 34.1 Å². The molecule has 0 atom stereocenters. The number of rotatable bonds is 13. The molecule has 0 spiro atoms. The van der Waals surface area contributed by atoms with E-state index in [1.165, 1.54) is 114 Å². The van der Waals surface area contributed by atoms with Gasteiger partial charge in [-0.2, -0.15) is 0 Å². The van der Waals surface area contributed by atoms with Crippen molar-refractivity contribution < 1.29 is 0 Å². The van der Waals surface area contributed by atoms with Crippen LogP contribution in [0.15, 0.2) is 400 Å². The molecular formula is C100H66N2. The fourth-order valence-electron chi connectivity index (χ4n) is 15.9. The molecule has 0 N–H and O–H groups in total. The molecule has 476 valence electrons. The highest BCUT2D eigenvalue weighted by Crippen LogP contribution is 2.53. The summed E-state index contributed by atoms with van der Waals surface area (Å²) in [6.45, 7) is 0. The number of anilines is 6. The number of nitrogens with zero attached hydrogens (tertiary/aromatic N) is 2. The van der Waals surface area contributed by atoms with Crippen LogP contribution < -0.4 is 9.80 Å². The van der Waals surface area contributed by atoms with E-state index in [2.05, 4.69) is 410 Å². The zero-order chi connectivity index (χ0) is 67.5. The second-order valence-electron chi connectivity index (χ2n) is 26.6. The normalized spacial score (nSPS) is 11.5. The predicted octanol–water partition coefficient (Wildman–Crippen LogP) is 28.4. The maximum atomic E-state index is 2.51. The van der Waals surface area contributed by atoms with Crippen molar-refractivity contribution in [2.45, 2.75) is 0 Å². The summed E-state index contributed by atoms with van der Waals surface area (Å²) >= 11 is 0. The zero-order valence-electron chi connectivity index (χ0n) is 56.0. The maximum Gasteiger partial charge on any atom is 0.0625 e. The molecule has 2 heteroatoms. The predicted molar refractivity (Wildman–Crippen MR) is 436 cm³/mol. The van der Waals surface area contributed by atoms with Crippen LogP contribution in [-0.2, 0) is 0 Å². The molecule has 0 aliphatic carbocycles. The molecular weight excluding hydrogens is 1230 g/mol. The SMILES string of the molecule is c1ccc(-c2ccccc2N(c2ccc(-c3ccc4cc(-c5cccc(-c6c(N(c7ccc(-c8ccc9ccccc9c8)cc7)c7ccc(-c8cccc9ccccc89)cc7)c7ccccc7c7ccccc67)c5)ccc4c3)cc2)c2c(-c3ccccc3)c3ccccc3c3ccccc23)cc1. The number of hydrogen-bond acceptors (Lipinski definition) is 2. The lowest BCUT2D eigenvalue weighted by molar-refractivity contribution is 1.30. The molecule has 0 unspecified atom stereocenters. The molecule has 0 aromatic heterocycles. The van der Waals surface area contributed by atoms with Gasteiger partial charge in [-0.05, 0) is 193 Å². The van der Waals surface area contributed by atoms with E-state index < -0.39 is 0 Å². The highest BCUT2D eigenvalue weighted by Gasteiger charge is 2.28. The molecule has 2 nitrogen and oxygen atoms in total. The highest BCUT2D eigenvalue weighted by molar-refractivity contribution is 6.24. The number of fused-ring (bicyclic) bond motifs is 9. The van der Waals surface area contributed by atoms with Gasteiger partial charge in [0.25, 0.3) is 0 Å². The molecule has 0 amide bonds. The molecule has 0 saturated carbocycles. The van der Waals surface area contributed by atoms with Gasteiger partial charge in [0.05, 0.1) is 17.1 Å². The first-order valence-corrected chi connectivity index (χ1v) is 35.2. The summed E-state index contributed by atoms with van der Waals surface area (Å²) in [5.74, 6) is 0. The Bertz CT molecular complexity index is 6410. The van der Waals surface area contributed by atoms with E-state index in [1.54, 1.807) is 0 Å². The molecule has 0 fully saturated rings. The molecule has 0 bridgehead atoms. The summed E-state index contributed by atoms with van der Waals surface area (Å²) in [4.78, 5) is 5.02. The van der Waals surface area contributed by atoms with Crippen molar-refractivity contribution in [1.82, 2.24) is 0 Å². The summed E-state index contributed by atoms with van der Waals surface area (Å²) in [7, 11) is 0. The summed E-state index contributed by atoms with van der Waals surface area (Å²) < 4.78 is 0. The van der Waals surface area contributed by atoms with Crippen molar-refractivity contribution in [1.29, 1.82) is 0 Å². The van der Waals surface area contributed by atoms with Gasteiger partial charge in [-0.25, -0.2) is 0 Å². The van der Waals surface area contributed by atoms with Gasteiger partial charge < -0.3 is 9.80 Å². The first-order chi connectivity index (χ1) is 50.6. The Hall–Kier alpha value is -13.4. The average molecular weight is 1300 g/mol. The van der Waals surface area contributed by atoms with Gasteiger partial charge in [0, 0.05) is 44.5 Å².